The fraction of sp³-hybridized carbons (Fsp3) is 0. The molecule has 3 aromatic heterocycles. The number of benzene rings is 10. The van der Waals surface area contributed by atoms with E-state index in [2.05, 4.69) is 140 Å². The fourth-order valence-electron chi connectivity index (χ4n) is 10.6. The predicted molar refractivity (Wildman–Crippen MR) is 303 cm³/mol. The van der Waals surface area contributed by atoms with E-state index in [1.165, 1.54) is 0 Å². The Balaban J connectivity index is 1.12. The first-order valence-corrected chi connectivity index (χ1v) is 24.5. The molecule has 76 heavy (non-hydrogen) atoms. The minimum atomic E-state index is 0.374. The zero-order valence-electron chi connectivity index (χ0n) is 40.4. The lowest BCUT2D eigenvalue weighted by Crippen LogP contribution is -2.04. The summed E-state index contributed by atoms with van der Waals surface area (Å²) in [4.78, 5) is 23.2. The third-order valence-electron chi connectivity index (χ3n) is 14.1. The van der Waals surface area contributed by atoms with Crippen molar-refractivity contribution in [3.05, 3.63) is 258 Å². The number of hydrogen-bond acceptors (Lipinski definition) is 5. The minimum absolute atomic E-state index is 0.374. The lowest BCUT2D eigenvalue weighted by molar-refractivity contribution is 1.06. The lowest BCUT2D eigenvalue weighted by Gasteiger charge is -2.17. The summed E-state index contributed by atoms with van der Waals surface area (Å²) in [6, 6.07) is 79.3. The van der Waals surface area contributed by atoms with Gasteiger partial charge in [0.25, 0.3) is 0 Å². The molecular formula is C67H37N9. The molecule has 0 amide bonds. The SMILES string of the molecule is [C-]#[N+]c1ccc(-c2ccc3c(c2)c2cc(-c4ccc(C#N)cc4[N+]#[C-])ccc2n3-c2ccc(-c3cccc4c3c3ccccc3n4-c3ccccc3)cc2-c2nc(-c3ccccc3)nc(-c3ccccc3)n2)c(C#N)c1. The number of rotatable bonds is 8. The van der Waals surface area contributed by atoms with E-state index in [0.29, 0.717) is 51.1 Å². The molecule has 13 aromatic rings. The van der Waals surface area contributed by atoms with E-state index in [4.69, 9.17) is 28.1 Å². The van der Waals surface area contributed by atoms with Crippen LogP contribution in [0.2, 0.25) is 0 Å². The van der Waals surface area contributed by atoms with Crippen molar-refractivity contribution in [1.82, 2.24) is 24.1 Å². The Labute approximate surface area is 437 Å². The molecule has 0 atom stereocenters. The summed E-state index contributed by atoms with van der Waals surface area (Å²) in [6.07, 6.45) is 0. The molecular weight excluding hydrogens is 931 g/mol. The number of nitriles is 2. The summed E-state index contributed by atoms with van der Waals surface area (Å²) < 4.78 is 4.57. The van der Waals surface area contributed by atoms with Gasteiger partial charge in [0.05, 0.1) is 53.0 Å². The van der Waals surface area contributed by atoms with Crippen LogP contribution in [0.25, 0.3) is 132 Å². The Bertz CT molecular complexity index is 4490. The van der Waals surface area contributed by atoms with Crippen molar-refractivity contribution in [3.8, 4) is 91.1 Å². The van der Waals surface area contributed by atoms with Gasteiger partial charge >= 0.3 is 0 Å². The van der Waals surface area contributed by atoms with Crippen LogP contribution < -0.4 is 0 Å². The molecule has 10 aromatic carbocycles. The topological polar surface area (TPSA) is 105 Å². The first kappa shape index (κ1) is 44.7. The highest BCUT2D eigenvalue weighted by atomic mass is 15.1. The molecule has 0 unspecified atom stereocenters. The van der Waals surface area contributed by atoms with Crippen LogP contribution in [-0.2, 0) is 0 Å². The van der Waals surface area contributed by atoms with Crippen LogP contribution in [0.3, 0.4) is 0 Å². The van der Waals surface area contributed by atoms with E-state index in [9.17, 15) is 10.5 Å². The largest absolute Gasteiger partial charge is 0.309 e. The molecule has 0 bridgehead atoms. The number of aromatic nitrogens is 5. The maximum absolute atomic E-state index is 10.4. The second kappa shape index (κ2) is 18.4. The van der Waals surface area contributed by atoms with Gasteiger partial charge in [-0.2, -0.15) is 10.5 Å². The standard InChI is InChI=1S/C67H37N9/c1-70-49-29-31-51(48(36-49)41-69)45-26-32-60-55(37-45)56-38-46(52-30-25-42(40-68)35-58(52)71-2)27-33-61(56)76(60)62-34-28-47(53-22-14-24-63-64(53)54-21-12-13-23-59(54)75(63)50-19-10-5-11-20-50)39-57(62)67-73-65(43-15-6-3-7-16-43)72-66(74-67)44-17-8-4-9-18-44/h3-39H. The summed E-state index contributed by atoms with van der Waals surface area (Å²) in [5, 5.41) is 24.1. The molecule has 3 heterocycles. The lowest BCUT2D eigenvalue weighted by atomic mass is 9.96. The first-order chi connectivity index (χ1) is 37.5. The Kier molecular flexibility index (Phi) is 10.8. The average molecular weight is 968 g/mol. The Morgan fingerprint density at radius 3 is 1.62 bits per heavy atom. The van der Waals surface area contributed by atoms with E-state index < -0.39 is 0 Å². The number of nitrogens with zero attached hydrogens (tertiary/aromatic N) is 9. The zero-order valence-corrected chi connectivity index (χ0v) is 40.4. The number of hydrogen-bond donors (Lipinski definition) is 0. The van der Waals surface area contributed by atoms with Gasteiger partial charge in [0.1, 0.15) is 0 Å². The molecule has 0 saturated heterocycles. The molecule has 13 rings (SSSR count). The molecule has 0 aliphatic carbocycles. The smallest absolute Gasteiger partial charge is 0.196 e. The monoisotopic (exact) mass is 967 g/mol. The second-order valence-corrected chi connectivity index (χ2v) is 18.4. The highest BCUT2D eigenvalue weighted by molar-refractivity contribution is 6.16. The van der Waals surface area contributed by atoms with Crippen LogP contribution in [0.4, 0.5) is 11.4 Å². The van der Waals surface area contributed by atoms with Crippen LogP contribution in [0, 0.1) is 35.8 Å². The predicted octanol–water partition coefficient (Wildman–Crippen LogP) is 16.9. The van der Waals surface area contributed by atoms with Gasteiger partial charge in [-0.15, -0.1) is 0 Å². The molecule has 0 radical (unpaired) electrons. The molecule has 0 N–H and O–H groups in total. The van der Waals surface area contributed by atoms with Gasteiger partial charge in [-0.25, -0.2) is 24.6 Å². The van der Waals surface area contributed by atoms with Crippen molar-refractivity contribution in [3.63, 3.8) is 0 Å². The first-order valence-electron chi connectivity index (χ1n) is 24.5. The van der Waals surface area contributed by atoms with E-state index in [0.717, 1.165) is 93.9 Å². The average Bonchev–Trinajstić information content (AvgIpc) is 4.14. The van der Waals surface area contributed by atoms with Crippen molar-refractivity contribution in [2.24, 2.45) is 0 Å². The number of para-hydroxylation sites is 2. The van der Waals surface area contributed by atoms with Gasteiger partial charge in [0, 0.05) is 55.0 Å². The third-order valence-corrected chi connectivity index (χ3v) is 14.1. The normalized spacial score (nSPS) is 11.1. The van der Waals surface area contributed by atoms with Crippen LogP contribution in [0.15, 0.2) is 224 Å². The van der Waals surface area contributed by atoms with E-state index >= 15 is 0 Å². The van der Waals surface area contributed by atoms with Crippen molar-refractivity contribution in [2.45, 2.75) is 0 Å². The van der Waals surface area contributed by atoms with Gasteiger partial charge in [-0.1, -0.05) is 146 Å². The molecule has 350 valence electrons. The molecule has 9 nitrogen and oxygen atoms in total. The summed E-state index contributed by atoms with van der Waals surface area (Å²) >= 11 is 0. The van der Waals surface area contributed by atoms with Crippen molar-refractivity contribution in [2.75, 3.05) is 0 Å². The maximum atomic E-state index is 10.4. The minimum Gasteiger partial charge on any atom is -0.309 e. The second-order valence-electron chi connectivity index (χ2n) is 18.4. The maximum Gasteiger partial charge on any atom is 0.196 e. The molecule has 0 aliphatic heterocycles. The molecule has 0 spiro atoms. The quantitative estimate of drug-likeness (QED) is 0.141. The molecule has 0 saturated carbocycles. The van der Waals surface area contributed by atoms with Crippen molar-refractivity contribution >= 4 is 55.0 Å². The Morgan fingerprint density at radius 1 is 0.382 bits per heavy atom. The zero-order chi connectivity index (χ0) is 51.3. The van der Waals surface area contributed by atoms with Crippen LogP contribution in [0.5, 0.6) is 0 Å². The van der Waals surface area contributed by atoms with E-state index in [1.54, 1.807) is 24.3 Å². The molecule has 9 heteroatoms. The highest BCUT2D eigenvalue weighted by Crippen LogP contribution is 2.45. The number of fused-ring (bicyclic) bond motifs is 6. The van der Waals surface area contributed by atoms with Crippen LogP contribution in [0.1, 0.15) is 11.1 Å². The summed E-state index contributed by atoms with van der Waals surface area (Å²) in [5.41, 5.74) is 14.9. The van der Waals surface area contributed by atoms with E-state index in [-0.39, 0.29) is 0 Å². The molecule has 0 fully saturated rings. The van der Waals surface area contributed by atoms with Crippen molar-refractivity contribution in [1.29, 1.82) is 10.5 Å². The summed E-state index contributed by atoms with van der Waals surface area (Å²) in [5.74, 6) is 1.53. The molecule has 0 aliphatic rings. The van der Waals surface area contributed by atoms with Gasteiger partial charge in [0.2, 0.25) is 0 Å². The van der Waals surface area contributed by atoms with E-state index in [1.807, 2.05) is 91.0 Å². The highest BCUT2D eigenvalue weighted by Gasteiger charge is 2.24. The van der Waals surface area contributed by atoms with Gasteiger partial charge < -0.3 is 9.13 Å². The Hall–Kier alpha value is -11.2. The Morgan fingerprint density at radius 2 is 0.961 bits per heavy atom. The fourth-order valence-corrected chi connectivity index (χ4v) is 10.6. The van der Waals surface area contributed by atoms with Gasteiger partial charge in [-0.3, -0.25) is 0 Å². The van der Waals surface area contributed by atoms with Gasteiger partial charge in [0.15, 0.2) is 28.8 Å². The van der Waals surface area contributed by atoms with Gasteiger partial charge in [-0.05, 0) is 112 Å². The summed E-state index contributed by atoms with van der Waals surface area (Å²) in [7, 11) is 0. The van der Waals surface area contributed by atoms with Crippen LogP contribution in [-0.4, -0.2) is 24.1 Å². The summed E-state index contributed by atoms with van der Waals surface area (Å²) in [6.45, 7) is 15.7. The van der Waals surface area contributed by atoms with Crippen LogP contribution >= 0.6 is 0 Å². The van der Waals surface area contributed by atoms with Crippen molar-refractivity contribution < 1.29 is 0 Å². The third kappa shape index (κ3) is 7.49.